The van der Waals surface area contributed by atoms with Crippen molar-refractivity contribution in [2.45, 2.75) is 51.6 Å². The summed E-state index contributed by atoms with van der Waals surface area (Å²) >= 11 is 0. The maximum absolute atomic E-state index is 10.1. The van der Waals surface area contributed by atoms with Gasteiger partial charge in [-0.2, -0.15) is 0 Å². The molecule has 1 saturated carbocycles. The normalized spacial score (nSPS) is 20.8. The summed E-state index contributed by atoms with van der Waals surface area (Å²) in [5.41, 5.74) is -0.348. The Hall–Kier alpha value is -0.120. The Balaban J connectivity index is 2.20. The Morgan fingerprint density at radius 1 is 1.27 bits per heavy atom. The minimum absolute atomic E-state index is 0.115. The fraction of sp³-hybridized carbons (Fsp3) is 1.00. The number of rotatable bonds is 6. The van der Waals surface area contributed by atoms with E-state index in [4.69, 9.17) is 5.11 Å². The molecule has 0 radical (unpaired) electrons. The van der Waals surface area contributed by atoms with Gasteiger partial charge < -0.3 is 15.5 Å². The molecule has 0 heterocycles. The average molecular weight is 215 g/mol. The summed E-state index contributed by atoms with van der Waals surface area (Å²) in [5, 5.41) is 22.3. The number of aliphatic hydroxyl groups is 2. The van der Waals surface area contributed by atoms with E-state index in [1.54, 1.807) is 0 Å². The molecular formula is C12H25NO2. The van der Waals surface area contributed by atoms with Crippen LogP contribution in [0, 0.1) is 5.41 Å². The fourth-order valence-corrected chi connectivity index (χ4v) is 2.23. The van der Waals surface area contributed by atoms with Crippen LogP contribution in [0.1, 0.15) is 46.0 Å². The molecule has 1 aliphatic rings. The highest BCUT2D eigenvalue weighted by Crippen LogP contribution is 2.29. The molecule has 0 bridgehead atoms. The molecule has 0 aliphatic heterocycles. The van der Waals surface area contributed by atoms with Crippen LogP contribution < -0.4 is 5.32 Å². The Morgan fingerprint density at radius 3 is 2.40 bits per heavy atom. The van der Waals surface area contributed by atoms with Gasteiger partial charge in [-0.05, 0) is 24.7 Å². The van der Waals surface area contributed by atoms with Crippen LogP contribution in [0.4, 0.5) is 0 Å². The van der Waals surface area contributed by atoms with Crippen LogP contribution in [0.15, 0.2) is 0 Å². The molecule has 0 unspecified atom stereocenters. The topological polar surface area (TPSA) is 52.5 Å². The van der Waals surface area contributed by atoms with Gasteiger partial charge in [0.25, 0.3) is 0 Å². The predicted octanol–water partition coefficient (Wildman–Crippen LogP) is 1.29. The molecule has 0 aromatic rings. The molecule has 1 rings (SSSR count). The van der Waals surface area contributed by atoms with Crippen LogP contribution in [0.3, 0.4) is 0 Å². The number of nitrogens with one attached hydrogen (secondary N) is 1. The second-order valence-corrected chi connectivity index (χ2v) is 5.67. The van der Waals surface area contributed by atoms with Crippen molar-refractivity contribution in [1.82, 2.24) is 5.32 Å². The zero-order chi connectivity index (χ0) is 11.4. The summed E-state index contributed by atoms with van der Waals surface area (Å²) in [4.78, 5) is 0. The smallest absolute Gasteiger partial charge is 0.0771 e. The second-order valence-electron chi connectivity index (χ2n) is 5.67. The van der Waals surface area contributed by atoms with Crippen molar-refractivity contribution in [3.63, 3.8) is 0 Å². The van der Waals surface area contributed by atoms with E-state index in [9.17, 15) is 5.11 Å². The van der Waals surface area contributed by atoms with E-state index < -0.39 is 5.60 Å². The van der Waals surface area contributed by atoms with Gasteiger partial charge in [0, 0.05) is 19.7 Å². The summed E-state index contributed by atoms with van der Waals surface area (Å²) in [6.07, 6.45) is 4.97. The molecule has 0 aromatic heterocycles. The molecule has 0 amide bonds. The minimum atomic E-state index is -0.463. The van der Waals surface area contributed by atoms with Gasteiger partial charge in [-0.1, -0.05) is 26.7 Å². The average Bonchev–Trinajstić information content (AvgIpc) is 2.51. The van der Waals surface area contributed by atoms with Gasteiger partial charge >= 0.3 is 0 Å². The zero-order valence-corrected chi connectivity index (χ0v) is 10.1. The standard InChI is InChI=1S/C12H25NO2/c1-11(2,7-8-14)9-13-10-12(15)5-3-4-6-12/h13-15H,3-10H2,1-2H3. The molecule has 3 nitrogen and oxygen atoms in total. The summed E-state index contributed by atoms with van der Waals surface area (Å²) < 4.78 is 0. The summed E-state index contributed by atoms with van der Waals surface area (Å²) in [5.74, 6) is 0. The van der Waals surface area contributed by atoms with Gasteiger partial charge in [0.05, 0.1) is 5.60 Å². The van der Waals surface area contributed by atoms with Crippen LogP contribution in [0.2, 0.25) is 0 Å². The van der Waals surface area contributed by atoms with Crippen molar-refractivity contribution in [2.24, 2.45) is 5.41 Å². The van der Waals surface area contributed by atoms with Gasteiger partial charge in [-0.15, -0.1) is 0 Å². The van der Waals surface area contributed by atoms with E-state index in [-0.39, 0.29) is 12.0 Å². The first-order chi connectivity index (χ1) is 6.97. The minimum Gasteiger partial charge on any atom is -0.396 e. The molecule has 1 aliphatic carbocycles. The first-order valence-corrected chi connectivity index (χ1v) is 6.01. The van der Waals surface area contributed by atoms with E-state index in [0.29, 0.717) is 6.54 Å². The Morgan fingerprint density at radius 2 is 1.87 bits per heavy atom. The third-order valence-electron chi connectivity index (χ3n) is 3.38. The Labute approximate surface area is 92.9 Å². The van der Waals surface area contributed by atoms with Crippen LogP contribution in [0.5, 0.6) is 0 Å². The van der Waals surface area contributed by atoms with Crippen molar-refractivity contribution in [1.29, 1.82) is 0 Å². The number of hydrogen-bond acceptors (Lipinski definition) is 3. The van der Waals surface area contributed by atoms with Crippen LogP contribution in [0.25, 0.3) is 0 Å². The molecule has 1 fully saturated rings. The van der Waals surface area contributed by atoms with Gasteiger partial charge in [-0.3, -0.25) is 0 Å². The first-order valence-electron chi connectivity index (χ1n) is 6.01. The van der Waals surface area contributed by atoms with Crippen molar-refractivity contribution >= 4 is 0 Å². The van der Waals surface area contributed by atoms with E-state index >= 15 is 0 Å². The first kappa shape index (κ1) is 12.9. The quantitative estimate of drug-likeness (QED) is 0.626. The maximum Gasteiger partial charge on any atom is 0.0771 e. The molecule has 3 N–H and O–H groups in total. The molecule has 0 aromatic carbocycles. The lowest BCUT2D eigenvalue weighted by molar-refractivity contribution is 0.0447. The van der Waals surface area contributed by atoms with Gasteiger partial charge in [-0.25, -0.2) is 0 Å². The summed E-state index contributed by atoms with van der Waals surface area (Å²) in [7, 11) is 0. The molecule has 15 heavy (non-hydrogen) atoms. The van der Waals surface area contributed by atoms with E-state index in [1.807, 2.05) is 0 Å². The Bertz CT molecular complexity index is 186. The van der Waals surface area contributed by atoms with Gasteiger partial charge in [0.2, 0.25) is 0 Å². The molecule has 3 heteroatoms. The highest BCUT2D eigenvalue weighted by molar-refractivity contribution is 4.87. The molecule has 90 valence electrons. The van der Waals surface area contributed by atoms with E-state index in [0.717, 1.165) is 38.6 Å². The van der Waals surface area contributed by atoms with Crippen molar-refractivity contribution in [2.75, 3.05) is 19.7 Å². The van der Waals surface area contributed by atoms with Crippen LogP contribution >= 0.6 is 0 Å². The molecule has 0 atom stereocenters. The van der Waals surface area contributed by atoms with Crippen LogP contribution in [-0.4, -0.2) is 35.5 Å². The second kappa shape index (κ2) is 5.28. The van der Waals surface area contributed by atoms with Gasteiger partial charge in [0.15, 0.2) is 0 Å². The maximum atomic E-state index is 10.1. The van der Waals surface area contributed by atoms with E-state index in [1.165, 1.54) is 0 Å². The molecule has 0 spiro atoms. The highest BCUT2D eigenvalue weighted by Gasteiger charge is 2.31. The number of hydrogen-bond donors (Lipinski definition) is 3. The van der Waals surface area contributed by atoms with Crippen molar-refractivity contribution < 1.29 is 10.2 Å². The lowest BCUT2D eigenvalue weighted by atomic mass is 9.89. The zero-order valence-electron chi connectivity index (χ0n) is 10.1. The monoisotopic (exact) mass is 215 g/mol. The highest BCUT2D eigenvalue weighted by atomic mass is 16.3. The van der Waals surface area contributed by atoms with Crippen molar-refractivity contribution in [3.05, 3.63) is 0 Å². The Kier molecular flexibility index (Phi) is 4.56. The fourth-order valence-electron chi connectivity index (χ4n) is 2.23. The SMILES string of the molecule is CC(C)(CCO)CNCC1(O)CCCC1. The van der Waals surface area contributed by atoms with E-state index in [2.05, 4.69) is 19.2 Å². The summed E-state index contributed by atoms with van der Waals surface area (Å²) in [6.45, 7) is 6.06. The van der Waals surface area contributed by atoms with Crippen molar-refractivity contribution in [3.8, 4) is 0 Å². The lowest BCUT2D eigenvalue weighted by Crippen LogP contribution is -2.41. The van der Waals surface area contributed by atoms with Gasteiger partial charge in [0.1, 0.15) is 0 Å². The largest absolute Gasteiger partial charge is 0.396 e. The lowest BCUT2D eigenvalue weighted by Gasteiger charge is -2.28. The molecule has 0 saturated heterocycles. The third kappa shape index (κ3) is 4.49. The van der Waals surface area contributed by atoms with Crippen LogP contribution in [-0.2, 0) is 0 Å². The predicted molar refractivity (Wildman–Crippen MR) is 61.8 cm³/mol. The number of aliphatic hydroxyl groups excluding tert-OH is 1. The summed E-state index contributed by atoms with van der Waals surface area (Å²) in [6, 6.07) is 0. The molecular weight excluding hydrogens is 190 g/mol. The third-order valence-corrected chi connectivity index (χ3v) is 3.38.